The van der Waals surface area contributed by atoms with Crippen LogP contribution in [0, 0.1) is 0 Å². The minimum Gasteiger partial charge on any atom is -0.310 e. The molecular formula is C49H35N3. The molecule has 10 rings (SSSR count). The van der Waals surface area contributed by atoms with Gasteiger partial charge in [-0.1, -0.05) is 152 Å². The lowest BCUT2D eigenvalue weighted by molar-refractivity contribution is 0.890. The van der Waals surface area contributed by atoms with E-state index in [-0.39, 0.29) is 0 Å². The summed E-state index contributed by atoms with van der Waals surface area (Å²) >= 11 is 0. The van der Waals surface area contributed by atoms with Crippen molar-refractivity contribution in [2.75, 3.05) is 0 Å². The molecule has 0 amide bonds. The number of pyridine rings is 1. The minimum atomic E-state index is 0.942. The normalized spacial score (nSPS) is 12.4. The Morgan fingerprint density at radius 1 is 0.442 bits per heavy atom. The number of hydrogen-bond acceptors (Lipinski definition) is 1. The molecule has 0 N–H and O–H groups in total. The highest BCUT2D eigenvalue weighted by atomic mass is 15.1. The molecular weight excluding hydrogens is 631 g/mol. The maximum absolute atomic E-state index is 5.29. The predicted octanol–water partition coefficient (Wildman–Crippen LogP) is 12.6. The summed E-state index contributed by atoms with van der Waals surface area (Å²) in [5.74, 6) is 0. The first-order valence-corrected chi connectivity index (χ1v) is 18.0. The van der Waals surface area contributed by atoms with Gasteiger partial charge in [-0.25, -0.2) is 4.98 Å². The van der Waals surface area contributed by atoms with Gasteiger partial charge in [0.1, 0.15) is 0 Å². The first-order valence-electron chi connectivity index (χ1n) is 18.0. The van der Waals surface area contributed by atoms with Crippen molar-refractivity contribution < 1.29 is 0 Å². The van der Waals surface area contributed by atoms with E-state index in [0.717, 1.165) is 46.6 Å². The fourth-order valence-electron chi connectivity index (χ4n) is 8.04. The largest absolute Gasteiger partial charge is 0.310 e. The molecule has 0 saturated heterocycles. The Morgan fingerprint density at radius 2 is 1.02 bits per heavy atom. The van der Waals surface area contributed by atoms with Crippen molar-refractivity contribution in [2.24, 2.45) is 0 Å². The fourth-order valence-corrected chi connectivity index (χ4v) is 8.04. The molecule has 0 fully saturated rings. The maximum Gasteiger partial charge on any atom is 0.0800 e. The van der Waals surface area contributed by atoms with E-state index in [1.807, 2.05) is 0 Å². The van der Waals surface area contributed by atoms with E-state index < -0.39 is 0 Å². The summed E-state index contributed by atoms with van der Waals surface area (Å²) in [7, 11) is 0. The Hall–Kier alpha value is -6.71. The summed E-state index contributed by atoms with van der Waals surface area (Å²) < 4.78 is 5.01. The summed E-state index contributed by atoms with van der Waals surface area (Å²) in [6.07, 6.45) is 6.67. The Labute approximate surface area is 303 Å². The van der Waals surface area contributed by atoms with E-state index >= 15 is 0 Å². The van der Waals surface area contributed by atoms with E-state index in [2.05, 4.69) is 197 Å². The summed E-state index contributed by atoms with van der Waals surface area (Å²) in [6.45, 7) is 0. The number of fused-ring (bicyclic) bond motifs is 4. The molecule has 0 bridgehead atoms. The van der Waals surface area contributed by atoms with Crippen LogP contribution in [0.4, 0.5) is 0 Å². The molecule has 6 aromatic carbocycles. The van der Waals surface area contributed by atoms with Gasteiger partial charge in [0, 0.05) is 44.4 Å². The molecule has 0 radical (unpaired) electrons. The Balaban J connectivity index is 1.24. The van der Waals surface area contributed by atoms with E-state index in [9.17, 15) is 0 Å². The number of allylic oxidation sites excluding steroid dienone is 1. The van der Waals surface area contributed by atoms with Crippen LogP contribution in [0.1, 0.15) is 17.7 Å². The zero-order valence-corrected chi connectivity index (χ0v) is 28.7. The highest BCUT2D eigenvalue weighted by molar-refractivity contribution is 6.03. The van der Waals surface area contributed by atoms with Crippen LogP contribution in [-0.4, -0.2) is 14.1 Å². The van der Waals surface area contributed by atoms with Gasteiger partial charge in [0.25, 0.3) is 0 Å². The Kier molecular flexibility index (Phi) is 7.28. The number of rotatable bonds is 6. The summed E-state index contributed by atoms with van der Waals surface area (Å²) in [4.78, 5) is 5.29. The maximum atomic E-state index is 5.29. The SMILES string of the molecule is C1=Cc2c(n(-c3c(-c4ccccc4)n(-c4cccc(-c5cc(-c6ccccc6)cc(-c6ccccc6)n5)c4)c4ccccc34)c3ccccc23)CC1. The molecule has 3 heteroatoms. The molecule has 246 valence electrons. The number of nitrogens with zero attached hydrogens (tertiary/aromatic N) is 3. The Bertz CT molecular complexity index is 2710. The summed E-state index contributed by atoms with van der Waals surface area (Å²) in [5.41, 5.74) is 16.2. The van der Waals surface area contributed by atoms with Gasteiger partial charge in [-0.15, -0.1) is 0 Å². The zero-order chi connectivity index (χ0) is 34.4. The third-order valence-corrected chi connectivity index (χ3v) is 10.4. The van der Waals surface area contributed by atoms with Gasteiger partial charge in [-0.05, 0) is 60.4 Å². The van der Waals surface area contributed by atoms with Crippen LogP contribution < -0.4 is 0 Å². The van der Waals surface area contributed by atoms with Gasteiger partial charge in [-0.2, -0.15) is 0 Å². The van der Waals surface area contributed by atoms with E-state index in [1.165, 1.54) is 55.6 Å². The second kappa shape index (κ2) is 12.6. The molecule has 3 nitrogen and oxygen atoms in total. The second-order valence-corrected chi connectivity index (χ2v) is 13.5. The molecule has 3 heterocycles. The quantitative estimate of drug-likeness (QED) is 0.173. The Morgan fingerprint density at radius 3 is 1.75 bits per heavy atom. The molecule has 9 aromatic rings. The van der Waals surface area contributed by atoms with Crippen molar-refractivity contribution in [1.82, 2.24) is 14.1 Å². The second-order valence-electron chi connectivity index (χ2n) is 13.5. The lowest BCUT2D eigenvalue weighted by atomic mass is 10.00. The first kappa shape index (κ1) is 30.1. The molecule has 0 spiro atoms. The van der Waals surface area contributed by atoms with Crippen molar-refractivity contribution in [2.45, 2.75) is 12.8 Å². The number of hydrogen-bond donors (Lipinski definition) is 0. The van der Waals surface area contributed by atoms with Gasteiger partial charge >= 0.3 is 0 Å². The first-order chi connectivity index (χ1) is 25.8. The number of para-hydroxylation sites is 2. The average molecular weight is 666 g/mol. The predicted molar refractivity (Wildman–Crippen MR) is 217 cm³/mol. The summed E-state index contributed by atoms with van der Waals surface area (Å²) in [5, 5.41) is 2.52. The van der Waals surface area contributed by atoms with Gasteiger partial charge in [-0.3, -0.25) is 0 Å². The van der Waals surface area contributed by atoms with Crippen molar-refractivity contribution >= 4 is 27.9 Å². The number of benzene rings is 6. The van der Waals surface area contributed by atoms with Gasteiger partial charge in [0.2, 0.25) is 0 Å². The van der Waals surface area contributed by atoms with Crippen molar-refractivity contribution in [3.05, 3.63) is 193 Å². The molecule has 0 aliphatic heterocycles. The minimum absolute atomic E-state index is 0.942. The highest BCUT2D eigenvalue weighted by Gasteiger charge is 2.26. The smallest absolute Gasteiger partial charge is 0.0800 e. The molecule has 0 atom stereocenters. The zero-order valence-electron chi connectivity index (χ0n) is 28.7. The van der Waals surface area contributed by atoms with Crippen LogP contribution in [0.25, 0.3) is 84.2 Å². The van der Waals surface area contributed by atoms with E-state index in [4.69, 9.17) is 4.98 Å². The fraction of sp³-hybridized carbons (Fsp3) is 0.0408. The van der Waals surface area contributed by atoms with Crippen molar-refractivity contribution in [3.8, 4) is 56.3 Å². The third-order valence-electron chi connectivity index (χ3n) is 10.4. The van der Waals surface area contributed by atoms with Crippen LogP contribution in [0.15, 0.2) is 182 Å². The van der Waals surface area contributed by atoms with Crippen LogP contribution in [0.2, 0.25) is 0 Å². The van der Waals surface area contributed by atoms with Crippen LogP contribution in [0.5, 0.6) is 0 Å². The number of aromatic nitrogens is 3. The van der Waals surface area contributed by atoms with E-state index in [1.54, 1.807) is 0 Å². The van der Waals surface area contributed by atoms with Crippen molar-refractivity contribution in [3.63, 3.8) is 0 Å². The molecule has 1 aliphatic carbocycles. The van der Waals surface area contributed by atoms with Gasteiger partial charge < -0.3 is 9.13 Å². The topological polar surface area (TPSA) is 22.8 Å². The van der Waals surface area contributed by atoms with Gasteiger partial charge in [0.05, 0.1) is 33.8 Å². The van der Waals surface area contributed by atoms with E-state index in [0.29, 0.717) is 0 Å². The molecule has 3 aromatic heterocycles. The molecule has 1 aliphatic rings. The lowest BCUT2D eigenvalue weighted by Gasteiger charge is -2.18. The monoisotopic (exact) mass is 665 g/mol. The lowest BCUT2D eigenvalue weighted by Crippen LogP contribution is -2.05. The van der Waals surface area contributed by atoms with Crippen LogP contribution >= 0.6 is 0 Å². The molecule has 52 heavy (non-hydrogen) atoms. The molecule has 0 unspecified atom stereocenters. The third kappa shape index (κ3) is 5.01. The average Bonchev–Trinajstić information content (AvgIpc) is 3.74. The van der Waals surface area contributed by atoms with Crippen LogP contribution in [0.3, 0.4) is 0 Å². The summed E-state index contributed by atoms with van der Waals surface area (Å²) in [6, 6.07) is 63.0. The molecule has 0 saturated carbocycles. The highest BCUT2D eigenvalue weighted by Crippen LogP contribution is 2.44. The standard InChI is InChI=1S/C49H35N3/c1-4-17-34(18-5-1)38-32-43(35-19-6-2-7-20-35)50-44(33-38)37-23-16-24-39(31-37)51-47-30-15-12-27-42(47)49(48(51)36-21-8-3-9-22-36)52-45-28-13-10-25-40(45)41-26-11-14-29-46(41)52/h1-13,15-28,30-33H,14,29H2. The van der Waals surface area contributed by atoms with Crippen LogP contribution in [-0.2, 0) is 6.42 Å². The van der Waals surface area contributed by atoms with Gasteiger partial charge in [0.15, 0.2) is 0 Å². The van der Waals surface area contributed by atoms with Crippen molar-refractivity contribution in [1.29, 1.82) is 0 Å².